The van der Waals surface area contributed by atoms with E-state index >= 15 is 0 Å². The Morgan fingerprint density at radius 1 is 1.07 bits per heavy atom. The molecule has 0 fully saturated rings. The van der Waals surface area contributed by atoms with Crippen LogP contribution in [-0.4, -0.2) is 34.0 Å². The Bertz CT molecular complexity index is 1260. The van der Waals surface area contributed by atoms with E-state index in [0.29, 0.717) is 23.1 Å². The normalized spacial score (nSPS) is 11.2. The molecule has 0 aliphatic heterocycles. The van der Waals surface area contributed by atoms with Gasteiger partial charge in [-0.2, -0.15) is 5.10 Å². The van der Waals surface area contributed by atoms with Gasteiger partial charge in [0.2, 0.25) is 5.91 Å². The summed E-state index contributed by atoms with van der Waals surface area (Å²) in [6.07, 6.45) is 2.07. The minimum Gasteiger partial charge on any atom is -0.383 e. The minimum atomic E-state index is -0.182. The molecule has 29 heavy (non-hydrogen) atoms. The van der Waals surface area contributed by atoms with Gasteiger partial charge in [0, 0.05) is 37.7 Å². The van der Waals surface area contributed by atoms with Gasteiger partial charge in [-0.15, -0.1) is 0 Å². The summed E-state index contributed by atoms with van der Waals surface area (Å²) in [4.78, 5) is 25.0. The van der Waals surface area contributed by atoms with E-state index in [1.54, 1.807) is 20.2 Å². The summed E-state index contributed by atoms with van der Waals surface area (Å²) in [6.45, 7) is 1.36. The molecule has 2 aromatic heterocycles. The van der Waals surface area contributed by atoms with Crippen LogP contribution < -0.4 is 10.9 Å². The fourth-order valence-corrected chi connectivity index (χ4v) is 3.57. The molecule has 7 nitrogen and oxygen atoms in total. The molecule has 148 valence electrons. The highest BCUT2D eigenvalue weighted by atomic mass is 16.5. The number of hydrogen-bond acceptors (Lipinski definition) is 4. The van der Waals surface area contributed by atoms with Crippen LogP contribution in [0.15, 0.2) is 59.5 Å². The maximum atomic E-state index is 12.8. The Balaban J connectivity index is 1.61. The zero-order chi connectivity index (χ0) is 20.4. The number of benzene rings is 2. The average molecular weight is 390 g/mol. The number of fused-ring (bicyclic) bond motifs is 2. The van der Waals surface area contributed by atoms with Crippen LogP contribution >= 0.6 is 0 Å². The first-order valence-electron chi connectivity index (χ1n) is 9.40. The third-order valence-corrected chi connectivity index (χ3v) is 4.99. The molecule has 0 radical (unpaired) electrons. The second kappa shape index (κ2) is 7.89. The molecule has 1 N–H and O–H groups in total. The first-order valence-corrected chi connectivity index (χ1v) is 9.40. The summed E-state index contributed by atoms with van der Waals surface area (Å²) in [5.41, 5.74) is 2.18. The van der Waals surface area contributed by atoms with Crippen molar-refractivity contribution in [1.82, 2.24) is 14.3 Å². The summed E-state index contributed by atoms with van der Waals surface area (Å²) < 4.78 is 8.53. The van der Waals surface area contributed by atoms with Crippen LogP contribution in [0.4, 0.5) is 5.69 Å². The van der Waals surface area contributed by atoms with Crippen molar-refractivity contribution in [2.75, 3.05) is 19.0 Å². The van der Waals surface area contributed by atoms with Crippen molar-refractivity contribution < 1.29 is 9.53 Å². The number of methoxy groups -OCH3 is 1. The second-order valence-electron chi connectivity index (χ2n) is 6.89. The number of amides is 1. The van der Waals surface area contributed by atoms with Crippen molar-refractivity contribution in [2.24, 2.45) is 7.05 Å². The highest BCUT2D eigenvalue weighted by Gasteiger charge is 2.14. The number of nitrogens with zero attached hydrogens (tertiary/aromatic N) is 3. The monoisotopic (exact) mass is 390 g/mol. The van der Waals surface area contributed by atoms with E-state index in [9.17, 15) is 9.59 Å². The van der Waals surface area contributed by atoms with Crippen molar-refractivity contribution in [1.29, 1.82) is 0 Å². The predicted octanol–water partition coefficient (Wildman–Crippen LogP) is 2.72. The lowest BCUT2D eigenvalue weighted by molar-refractivity contribution is -0.115. The van der Waals surface area contributed by atoms with E-state index in [1.165, 1.54) is 4.68 Å². The maximum Gasteiger partial charge on any atom is 0.274 e. The molecule has 1 amide bonds. The van der Waals surface area contributed by atoms with Crippen molar-refractivity contribution in [3.63, 3.8) is 0 Å². The molecule has 0 bridgehead atoms. The van der Waals surface area contributed by atoms with Gasteiger partial charge in [-0.05, 0) is 24.3 Å². The first kappa shape index (κ1) is 18.9. The molecule has 0 spiro atoms. The lowest BCUT2D eigenvalue weighted by atomic mass is 10.1. The minimum absolute atomic E-state index is 0.0788. The molecule has 2 heterocycles. The molecular formula is C22H22N4O3. The van der Waals surface area contributed by atoms with E-state index in [2.05, 4.69) is 15.0 Å². The summed E-state index contributed by atoms with van der Waals surface area (Å²) in [6, 6.07) is 15.0. The number of aromatic nitrogens is 3. The molecule has 0 aliphatic rings. The van der Waals surface area contributed by atoms with Crippen molar-refractivity contribution in [2.45, 2.75) is 13.0 Å². The van der Waals surface area contributed by atoms with Gasteiger partial charge >= 0.3 is 0 Å². The first-order chi connectivity index (χ1) is 14.1. The number of carbonyl (C=O) groups is 1. The van der Waals surface area contributed by atoms with E-state index in [-0.39, 0.29) is 17.9 Å². The molecule has 0 unspecified atom stereocenters. The van der Waals surface area contributed by atoms with Gasteiger partial charge in [-0.3, -0.25) is 9.59 Å². The van der Waals surface area contributed by atoms with Crippen LogP contribution in [0, 0.1) is 0 Å². The number of carbonyl (C=O) groups excluding carboxylic acids is 1. The molecular weight excluding hydrogens is 368 g/mol. The zero-order valence-corrected chi connectivity index (χ0v) is 16.4. The van der Waals surface area contributed by atoms with Gasteiger partial charge in [-0.1, -0.05) is 24.3 Å². The average Bonchev–Trinajstić information content (AvgIpc) is 3.14. The lowest BCUT2D eigenvalue weighted by Gasteiger charge is -2.10. The van der Waals surface area contributed by atoms with Crippen LogP contribution in [-0.2, 0) is 29.5 Å². The molecule has 0 saturated carbocycles. The smallest absolute Gasteiger partial charge is 0.274 e. The molecule has 0 aliphatic carbocycles. The molecule has 2 aromatic carbocycles. The fraction of sp³-hybridized carbons (Fsp3) is 0.227. The number of rotatable bonds is 6. The standard InChI is InChI=1S/C22H22N4O3/c1-25-22(28)16-7-4-3-6-15(16)19(24-25)14-21(27)23-18-8-5-9-20-17(18)10-11-26(20)12-13-29-2/h3-11H,12-14H2,1-2H3,(H,23,27). The largest absolute Gasteiger partial charge is 0.383 e. The van der Waals surface area contributed by atoms with Crippen LogP contribution in [0.3, 0.4) is 0 Å². The Hall–Kier alpha value is -3.45. The molecule has 0 atom stereocenters. The zero-order valence-electron chi connectivity index (χ0n) is 16.4. The van der Waals surface area contributed by atoms with Crippen LogP contribution in [0.1, 0.15) is 5.69 Å². The maximum absolute atomic E-state index is 12.8. The molecule has 7 heteroatoms. The molecule has 0 saturated heterocycles. The number of ether oxygens (including phenoxy) is 1. The molecule has 4 rings (SSSR count). The van der Waals surface area contributed by atoms with Gasteiger partial charge in [0.15, 0.2) is 0 Å². The van der Waals surface area contributed by atoms with E-state index in [4.69, 9.17) is 4.74 Å². The number of aryl methyl sites for hydroxylation is 1. The summed E-state index contributed by atoms with van der Waals surface area (Å²) in [5.74, 6) is -0.182. The Morgan fingerprint density at radius 2 is 1.86 bits per heavy atom. The van der Waals surface area contributed by atoms with E-state index in [0.717, 1.165) is 23.1 Å². The highest BCUT2D eigenvalue weighted by molar-refractivity contribution is 6.02. The fourth-order valence-electron chi connectivity index (χ4n) is 3.57. The third kappa shape index (κ3) is 3.64. The quantitative estimate of drug-likeness (QED) is 0.549. The van der Waals surface area contributed by atoms with Gasteiger partial charge < -0.3 is 14.6 Å². The van der Waals surface area contributed by atoms with E-state index in [1.807, 2.05) is 48.7 Å². The van der Waals surface area contributed by atoms with Crippen LogP contribution in [0.5, 0.6) is 0 Å². The highest BCUT2D eigenvalue weighted by Crippen LogP contribution is 2.25. The topological polar surface area (TPSA) is 78.2 Å². The number of anilines is 1. The lowest BCUT2D eigenvalue weighted by Crippen LogP contribution is -2.24. The van der Waals surface area contributed by atoms with Crippen LogP contribution in [0.2, 0.25) is 0 Å². The second-order valence-corrected chi connectivity index (χ2v) is 6.89. The summed E-state index contributed by atoms with van der Waals surface area (Å²) in [5, 5.41) is 9.53. The summed E-state index contributed by atoms with van der Waals surface area (Å²) >= 11 is 0. The Morgan fingerprint density at radius 3 is 2.66 bits per heavy atom. The Kier molecular flexibility index (Phi) is 5.14. The number of nitrogens with one attached hydrogen (secondary N) is 1. The van der Waals surface area contributed by atoms with Crippen molar-refractivity contribution in [3.05, 3.63) is 70.8 Å². The Labute approximate surface area is 167 Å². The summed E-state index contributed by atoms with van der Waals surface area (Å²) in [7, 11) is 3.27. The van der Waals surface area contributed by atoms with Gasteiger partial charge in [0.25, 0.3) is 5.56 Å². The molecule has 4 aromatic rings. The third-order valence-electron chi connectivity index (χ3n) is 4.99. The van der Waals surface area contributed by atoms with Gasteiger partial charge in [-0.25, -0.2) is 4.68 Å². The van der Waals surface area contributed by atoms with Crippen molar-refractivity contribution >= 4 is 33.3 Å². The SMILES string of the molecule is COCCn1ccc2c(NC(=O)Cc3nn(C)c(=O)c4ccccc34)cccc21. The predicted molar refractivity (Wildman–Crippen MR) is 113 cm³/mol. The van der Waals surface area contributed by atoms with Crippen molar-refractivity contribution in [3.8, 4) is 0 Å². The van der Waals surface area contributed by atoms with Gasteiger partial charge in [0.1, 0.15) is 0 Å². The van der Waals surface area contributed by atoms with Gasteiger partial charge in [0.05, 0.1) is 35.3 Å². The number of hydrogen-bond donors (Lipinski definition) is 1. The van der Waals surface area contributed by atoms with Crippen LogP contribution in [0.25, 0.3) is 21.7 Å². The van der Waals surface area contributed by atoms with E-state index < -0.39 is 0 Å².